The van der Waals surface area contributed by atoms with Crippen LogP contribution in [0.15, 0.2) is 0 Å². The Kier molecular flexibility index (Phi) is 31.2. The maximum atomic E-state index is 14.2. The first-order chi connectivity index (χ1) is 25.0. The zero-order chi connectivity index (χ0) is 39.1. The van der Waals surface area contributed by atoms with Crippen LogP contribution < -0.4 is 0 Å². The lowest BCUT2D eigenvalue weighted by Crippen LogP contribution is -2.23. The summed E-state index contributed by atoms with van der Waals surface area (Å²) in [6.45, 7) is 14.5. The highest BCUT2D eigenvalue weighted by atomic mass is 16.1. The SMILES string of the molecule is CCCCCCC(=O)CCCC(CCC(=O)C(CCCC)CC(=O)CC)C(=O)CC(CCC(=O)CC(CC)CC)CCC(CCCC)CC(=O)CC. The van der Waals surface area contributed by atoms with Crippen molar-refractivity contribution in [2.75, 3.05) is 0 Å². The van der Waals surface area contributed by atoms with E-state index in [1.807, 2.05) is 13.8 Å². The highest BCUT2D eigenvalue weighted by Crippen LogP contribution is 2.30. The number of hydrogen-bond acceptors (Lipinski definition) is 6. The Balaban J connectivity index is 6.01. The van der Waals surface area contributed by atoms with Gasteiger partial charge in [-0.2, -0.15) is 0 Å². The second kappa shape index (κ2) is 32.5. The molecule has 0 aromatic carbocycles. The third kappa shape index (κ3) is 25.1. The molecular weight excluding hydrogens is 649 g/mol. The fourth-order valence-corrected chi connectivity index (χ4v) is 7.60. The van der Waals surface area contributed by atoms with E-state index in [9.17, 15) is 28.8 Å². The van der Waals surface area contributed by atoms with Gasteiger partial charge in [-0.15, -0.1) is 0 Å². The van der Waals surface area contributed by atoms with Crippen LogP contribution in [-0.2, 0) is 28.8 Å². The normalized spacial score (nSPS) is 13.8. The lowest BCUT2D eigenvalue weighted by molar-refractivity contribution is -0.129. The number of rotatable bonds is 38. The van der Waals surface area contributed by atoms with Crippen LogP contribution in [0.5, 0.6) is 0 Å². The van der Waals surface area contributed by atoms with Crippen molar-refractivity contribution in [2.24, 2.45) is 29.6 Å². The van der Waals surface area contributed by atoms with Crippen LogP contribution >= 0.6 is 0 Å². The molecule has 0 aromatic heterocycles. The van der Waals surface area contributed by atoms with Gasteiger partial charge in [0, 0.05) is 76.0 Å². The van der Waals surface area contributed by atoms with E-state index in [1.165, 1.54) is 0 Å². The third-order valence-corrected chi connectivity index (χ3v) is 11.6. The van der Waals surface area contributed by atoms with Gasteiger partial charge in [0.15, 0.2) is 0 Å². The Hall–Kier alpha value is -1.98. The molecule has 6 nitrogen and oxygen atoms in total. The molecule has 0 N–H and O–H groups in total. The molecule has 52 heavy (non-hydrogen) atoms. The Morgan fingerprint density at radius 1 is 0.346 bits per heavy atom. The van der Waals surface area contributed by atoms with E-state index in [0.29, 0.717) is 95.3 Å². The second-order valence-electron chi connectivity index (χ2n) is 16.1. The molecule has 0 fully saturated rings. The van der Waals surface area contributed by atoms with E-state index >= 15 is 0 Å². The highest BCUT2D eigenvalue weighted by molar-refractivity contribution is 5.88. The Labute approximate surface area is 320 Å². The van der Waals surface area contributed by atoms with E-state index in [-0.39, 0.29) is 65.3 Å². The van der Waals surface area contributed by atoms with Crippen molar-refractivity contribution >= 4 is 34.7 Å². The largest absolute Gasteiger partial charge is 0.300 e. The van der Waals surface area contributed by atoms with Crippen LogP contribution in [0, 0.1) is 29.6 Å². The molecule has 0 heterocycles. The number of Topliss-reactive ketones (excluding diaryl/α,β-unsaturated/α-hetero) is 6. The van der Waals surface area contributed by atoms with Gasteiger partial charge in [-0.1, -0.05) is 113 Å². The van der Waals surface area contributed by atoms with Gasteiger partial charge in [0.05, 0.1) is 0 Å². The zero-order valence-corrected chi connectivity index (χ0v) is 35.1. The predicted octanol–water partition coefficient (Wildman–Crippen LogP) is 12.5. The molecule has 0 aromatic rings. The van der Waals surface area contributed by atoms with Crippen molar-refractivity contribution in [1.82, 2.24) is 0 Å². The van der Waals surface area contributed by atoms with Crippen LogP contribution in [0.1, 0.15) is 228 Å². The monoisotopic (exact) mass is 731 g/mol. The van der Waals surface area contributed by atoms with Crippen molar-refractivity contribution in [3.05, 3.63) is 0 Å². The minimum Gasteiger partial charge on any atom is -0.300 e. The summed E-state index contributed by atoms with van der Waals surface area (Å²) in [5.41, 5.74) is 0. The van der Waals surface area contributed by atoms with Crippen LogP contribution in [0.2, 0.25) is 0 Å². The number of carbonyl (C=O) groups is 6. The smallest absolute Gasteiger partial charge is 0.136 e. The molecule has 4 unspecified atom stereocenters. The summed E-state index contributed by atoms with van der Waals surface area (Å²) in [7, 11) is 0. The zero-order valence-electron chi connectivity index (χ0n) is 35.1. The molecule has 0 spiro atoms. The first-order valence-electron chi connectivity index (χ1n) is 22.1. The quantitative estimate of drug-likeness (QED) is 0.0586. The van der Waals surface area contributed by atoms with Crippen LogP contribution in [0.3, 0.4) is 0 Å². The van der Waals surface area contributed by atoms with Gasteiger partial charge < -0.3 is 0 Å². The molecule has 0 aliphatic carbocycles. The highest BCUT2D eigenvalue weighted by Gasteiger charge is 2.27. The summed E-state index contributed by atoms with van der Waals surface area (Å²) in [5, 5.41) is 0. The molecule has 0 aliphatic heterocycles. The lowest BCUT2D eigenvalue weighted by atomic mass is 9.80. The van der Waals surface area contributed by atoms with Gasteiger partial charge in [-0.3, -0.25) is 28.8 Å². The molecule has 302 valence electrons. The molecule has 0 radical (unpaired) electrons. The van der Waals surface area contributed by atoms with Gasteiger partial charge in [-0.25, -0.2) is 0 Å². The lowest BCUT2D eigenvalue weighted by Gasteiger charge is -2.24. The Morgan fingerprint density at radius 3 is 1.48 bits per heavy atom. The van der Waals surface area contributed by atoms with Gasteiger partial charge in [0.2, 0.25) is 0 Å². The van der Waals surface area contributed by atoms with Gasteiger partial charge >= 0.3 is 0 Å². The molecule has 0 saturated heterocycles. The van der Waals surface area contributed by atoms with Crippen molar-refractivity contribution in [3.8, 4) is 0 Å². The topological polar surface area (TPSA) is 102 Å². The molecule has 0 amide bonds. The molecule has 0 rings (SSSR count). The van der Waals surface area contributed by atoms with Crippen LogP contribution in [0.25, 0.3) is 0 Å². The van der Waals surface area contributed by atoms with Crippen molar-refractivity contribution in [3.63, 3.8) is 0 Å². The van der Waals surface area contributed by atoms with E-state index in [4.69, 9.17) is 0 Å². The first-order valence-corrected chi connectivity index (χ1v) is 22.1. The van der Waals surface area contributed by atoms with Crippen LogP contribution in [-0.4, -0.2) is 34.7 Å². The van der Waals surface area contributed by atoms with E-state index < -0.39 is 0 Å². The Bertz CT molecular complexity index is 995. The van der Waals surface area contributed by atoms with E-state index in [2.05, 4.69) is 34.6 Å². The maximum absolute atomic E-state index is 14.2. The predicted molar refractivity (Wildman–Crippen MR) is 216 cm³/mol. The minimum atomic E-state index is -0.314. The van der Waals surface area contributed by atoms with Crippen molar-refractivity contribution in [2.45, 2.75) is 228 Å². The van der Waals surface area contributed by atoms with E-state index in [0.717, 1.165) is 83.5 Å². The summed E-state index contributed by atoms with van der Waals surface area (Å²) >= 11 is 0. The summed E-state index contributed by atoms with van der Waals surface area (Å²) in [6.07, 6.45) is 20.6. The third-order valence-electron chi connectivity index (χ3n) is 11.6. The number of ketones is 6. The number of carbonyl (C=O) groups excluding carboxylic acids is 6. The summed E-state index contributed by atoms with van der Waals surface area (Å²) in [4.78, 5) is 78.3. The molecule has 0 bridgehead atoms. The van der Waals surface area contributed by atoms with Gasteiger partial charge in [-0.05, 0) is 69.1 Å². The van der Waals surface area contributed by atoms with E-state index in [1.54, 1.807) is 0 Å². The van der Waals surface area contributed by atoms with Gasteiger partial charge in [0.25, 0.3) is 0 Å². The number of hydrogen-bond donors (Lipinski definition) is 0. The fraction of sp³-hybridized carbons (Fsp3) is 0.870. The van der Waals surface area contributed by atoms with Crippen molar-refractivity contribution in [1.29, 1.82) is 0 Å². The molecular formula is C46H82O6. The molecule has 4 atom stereocenters. The molecule has 0 saturated carbocycles. The van der Waals surface area contributed by atoms with Crippen LogP contribution in [0.4, 0.5) is 0 Å². The average molecular weight is 731 g/mol. The summed E-state index contributed by atoms with van der Waals surface area (Å²) in [6, 6.07) is 0. The fourth-order valence-electron chi connectivity index (χ4n) is 7.60. The minimum absolute atomic E-state index is 0.0527. The first kappa shape index (κ1) is 50.0. The standard InChI is InChI=1S/C46H82O6/c1-8-15-18-19-24-43(49)25-20-23-39(29-31-45(51)40(22-17-10-3)35-42(48)14-7)46(52)34-38(28-30-44(50)32-36(11-4)12-5)27-26-37(21-16-9-2)33-41(47)13-6/h36-40H,8-35H2,1-7H3. The number of unbranched alkanes of at least 4 members (excludes halogenated alkanes) is 5. The average Bonchev–Trinajstić information content (AvgIpc) is 3.14. The second-order valence-corrected chi connectivity index (χ2v) is 16.1. The summed E-state index contributed by atoms with van der Waals surface area (Å²) in [5.74, 6) is 1.31. The van der Waals surface area contributed by atoms with Gasteiger partial charge in [0.1, 0.15) is 34.7 Å². The molecule has 6 heteroatoms. The molecule has 0 aliphatic rings. The van der Waals surface area contributed by atoms with Crippen molar-refractivity contribution < 1.29 is 28.8 Å². The Morgan fingerprint density at radius 2 is 0.885 bits per heavy atom. The maximum Gasteiger partial charge on any atom is 0.136 e. The summed E-state index contributed by atoms with van der Waals surface area (Å²) < 4.78 is 0.